The van der Waals surface area contributed by atoms with Crippen molar-refractivity contribution in [2.75, 3.05) is 27.2 Å². The highest BCUT2D eigenvalue weighted by Crippen LogP contribution is 2.23. The molecule has 0 radical (unpaired) electrons. The molecule has 5 heteroatoms. The third-order valence-electron chi connectivity index (χ3n) is 4.80. The lowest BCUT2D eigenvalue weighted by molar-refractivity contribution is 0.0719. The molecule has 0 aliphatic heterocycles. The Kier molecular flexibility index (Phi) is 5.18. The van der Waals surface area contributed by atoms with E-state index in [-0.39, 0.29) is 5.91 Å². The maximum atomic E-state index is 13.2. The molecule has 2 heterocycles. The second-order valence-corrected chi connectivity index (χ2v) is 7.18. The summed E-state index contributed by atoms with van der Waals surface area (Å²) in [6, 6.07) is 9.75. The van der Waals surface area contributed by atoms with E-state index in [1.165, 1.54) is 5.56 Å². The highest BCUT2D eigenvalue weighted by atomic mass is 16.3. The van der Waals surface area contributed by atoms with Crippen LogP contribution in [0.2, 0.25) is 0 Å². The summed E-state index contributed by atoms with van der Waals surface area (Å²) in [5, 5.41) is 1.11. The van der Waals surface area contributed by atoms with Gasteiger partial charge < -0.3 is 19.2 Å². The molecule has 5 nitrogen and oxygen atoms in total. The first-order valence-electron chi connectivity index (χ1n) is 8.93. The zero-order valence-corrected chi connectivity index (χ0v) is 16.2. The summed E-state index contributed by atoms with van der Waals surface area (Å²) in [5.41, 5.74) is 4.11. The van der Waals surface area contributed by atoms with Crippen molar-refractivity contribution in [1.82, 2.24) is 14.8 Å². The summed E-state index contributed by atoms with van der Waals surface area (Å²) in [5.74, 6) is 1.70. The van der Waals surface area contributed by atoms with Crippen LogP contribution in [0.3, 0.4) is 0 Å². The molecule has 0 bridgehead atoms. The summed E-state index contributed by atoms with van der Waals surface area (Å²) in [4.78, 5) is 20.5. The zero-order chi connectivity index (χ0) is 18.8. The summed E-state index contributed by atoms with van der Waals surface area (Å²) >= 11 is 0. The van der Waals surface area contributed by atoms with Crippen molar-refractivity contribution < 1.29 is 9.21 Å². The second kappa shape index (κ2) is 7.38. The highest BCUT2D eigenvalue weighted by Gasteiger charge is 2.19. The van der Waals surface area contributed by atoms with E-state index < -0.39 is 0 Å². The number of likely N-dealkylation sites (N-methyl/N-ethyl adjacent to an activating group) is 1. The molecule has 3 aromatic rings. The van der Waals surface area contributed by atoms with Crippen LogP contribution in [-0.2, 0) is 6.54 Å². The number of nitrogens with zero attached hydrogens (tertiary/aromatic N) is 2. The smallest absolute Gasteiger partial charge is 0.254 e. The summed E-state index contributed by atoms with van der Waals surface area (Å²) < 4.78 is 5.69. The summed E-state index contributed by atoms with van der Waals surface area (Å²) in [6.45, 7) is 7.98. The Morgan fingerprint density at radius 2 is 1.85 bits per heavy atom. The van der Waals surface area contributed by atoms with E-state index in [1.807, 2.05) is 56.3 Å². The highest BCUT2D eigenvalue weighted by molar-refractivity contribution is 5.99. The topological polar surface area (TPSA) is 52.5 Å². The van der Waals surface area contributed by atoms with Crippen LogP contribution in [0.1, 0.15) is 33.1 Å². The summed E-state index contributed by atoms with van der Waals surface area (Å²) in [7, 11) is 4.02. The molecule has 26 heavy (non-hydrogen) atoms. The lowest BCUT2D eigenvalue weighted by Gasteiger charge is -2.23. The maximum Gasteiger partial charge on any atom is 0.254 e. The van der Waals surface area contributed by atoms with Crippen LogP contribution in [0.25, 0.3) is 10.9 Å². The first-order valence-corrected chi connectivity index (χ1v) is 8.93. The number of hydrogen-bond donors (Lipinski definition) is 1. The third-order valence-corrected chi connectivity index (χ3v) is 4.80. The number of aromatic nitrogens is 1. The number of aromatic amines is 1. The number of carbonyl (C=O) groups excluding carboxylic acids is 1. The fourth-order valence-corrected chi connectivity index (χ4v) is 3.11. The Morgan fingerprint density at radius 3 is 2.50 bits per heavy atom. The van der Waals surface area contributed by atoms with Crippen LogP contribution in [0.4, 0.5) is 0 Å². The molecular weight excluding hydrogens is 326 g/mol. The number of fused-ring (bicyclic) bond motifs is 1. The molecule has 0 aliphatic carbocycles. The lowest BCUT2D eigenvalue weighted by atomic mass is 10.1. The van der Waals surface area contributed by atoms with Crippen LogP contribution in [0, 0.1) is 20.8 Å². The van der Waals surface area contributed by atoms with Gasteiger partial charge in [-0.05, 0) is 70.8 Å². The van der Waals surface area contributed by atoms with Gasteiger partial charge in [-0.15, -0.1) is 0 Å². The van der Waals surface area contributed by atoms with Crippen LogP contribution < -0.4 is 0 Å². The summed E-state index contributed by atoms with van der Waals surface area (Å²) in [6.07, 6.45) is 0. The Hall–Kier alpha value is -2.53. The molecule has 0 unspecified atom stereocenters. The van der Waals surface area contributed by atoms with Gasteiger partial charge in [0.15, 0.2) is 0 Å². The van der Waals surface area contributed by atoms with Crippen LogP contribution in [0.5, 0.6) is 0 Å². The number of furan rings is 1. The van der Waals surface area contributed by atoms with Crippen LogP contribution in [0.15, 0.2) is 34.7 Å². The molecule has 2 aromatic heterocycles. The molecule has 3 rings (SSSR count). The van der Waals surface area contributed by atoms with E-state index in [0.29, 0.717) is 18.7 Å². The Balaban J connectivity index is 1.89. The number of aryl methyl sites for hydroxylation is 3. The van der Waals surface area contributed by atoms with Crippen molar-refractivity contribution in [3.05, 3.63) is 58.7 Å². The number of hydrogen-bond acceptors (Lipinski definition) is 3. The lowest BCUT2D eigenvalue weighted by Crippen LogP contribution is -2.36. The molecule has 0 saturated carbocycles. The average Bonchev–Trinajstić information content (AvgIpc) is 3.14. The number of H-pyrrole nitrogens is 1. The molecule has 138 valence electrons. The van der Waals surface area contributed by atoms with Gasteiger partial charge in [-0.3, -0.25) is 4.79 Å². The van der Waals surface area contributed by atoms with Gasteiger partial charge in [0.2, 0.25) is 0 Å². The number of rotatable bonds is 6. The van der Waals surface area contributed by atoms with Gasteiger partial charge in [-0.2, -0.15) is 0 Å². The third kappa shape index (κ3) is 3.83. The van der Waals surface area contributed by atoms with E-state index >= 15 is 0 Å². The van der Waals surface area contributed by atoms with E-state index in [0.717, 1.165) is 34.7 Å². The predicted octanol–water partition coefficient (Wildman–Crippen LogP) is 3.89. The van der Waals surface area contributed by atoms with Gasteiger partial charge in [-0.25, -0.2) is 0 Å². The minimum atomic E-state index is 0.0288. The Labute approximate surface area is 154 Å². The quantitative estimate of drug-likeness (QED) is 0.731. The Bertz CT molecular complexity index is 921. The molecule has 0 atom stereocenters. The van der Waals surface area contributed by atoms with Gasteiger partial charge in [0, 0.05) is 35.2 Å². The number of benzene rings is 1. The fraction of sp³-hybridized carbons (Fsp3) is 0.381. The Morgan fingerprint density at radius 1 is 1.08 bits per heavy atom. The van der Waals surface area contributed by atoms with E-state index in [2.05, 4.69) is 23.7 Å². The van der Waals surface area contributed by atoms with Crippen molar-refractivity contribution in [3.63, 3.8) is 0 Å². The van der Waals surface area contributed by atoms with Crippen molar-refractivity contribution in [2.45, 2.75) is 27.3 Å². The monoisotopic (exact) mass is 353 g/mol. The van der Waals surface area contributed by atoms with Crippen molar-refractivity contribution in [1.29, 1.82) is 0 Å². The molecule has 0 aliphatic rings. The molecule has 1 N–H and O–H groups in total. The minimum absolute atomic E-state index is 0.0288. The normalized spacial score (nSPS) is 11.5. The zero-order valence-electron chi connectivity index (χ0n) is 16.2. The molecule has 0 saturated heterocycles. The molecule has 1 aromatic carbocycles. The van der Waals surface area contributed by atoms with Gasteiger partial charge >= 0.3 is 0 Å². The van der Waals surface area contributed by atoms with E-state index in [9.17, 15) is 4.79 Å². The van der Waals surface area contributed by atoms with E-state index in [4.69, 9.17) is 4.42 Å². The fourth-order valence-electron chi connectivity index (χ4n) is 3.11. The molecule has 0 spiro atoms. The predicted molar refractivity (Wildman–Crippen MR) is 105 cm³/mol. The molecule has 1 amide bonds. The maximum absolute atomic E-state index is 13.2. The van der Waals surface area contributed by atoms with Gasteiger partial charge in [0.25, 0.3) is 5.91 Å². The largest absolute Gasteiger partial charge is 0.464 e. The minimum Gasteiger partial charge on any atom is -0.464 e. The van der Waals surface area contributed by atoms with Gasteiger partial charge in [0.1, 0.15) is 11.5 Å². The number of nitrogens with one attached hydrogen (secondary N) is 1. The van der Waals surface area contributed by atoms with Crippen LogP contribution >= 0.6 is 0 Å². The van der Waals surface area contributed by atoms with Crippen LogP contribution in [-0.4, -0.2) is 47.9 Å². The van der Waals surface area contributed by atoms with Gasteiger partial charge in [-0.1, -0.05) is 0 Å². The SMILES string of the molecule is Cc1ccc(CN(CCN(C)C)C(=O)c2ccc3[nH]c(C)c(C)c3c2)o1. The molecular formula is C21H27N3O2. The number of carbonyl (C=O) groups is 1. The first kappa shape index (κ1) is 18.3. The van der Waals surface area contributed by atoms with Crippen molar-refractivity contribution in [3.8, 4) is 0 Å². The number of amides is 1. The molecule has 0 fully saturated rings. The first-order chi connectivity index (χ1) is 12.3. The van der Waals surface area contributed by atoms with Crippen molar-refractivity contribution >= 4 is 16.8 Å². The van der Waals surface area contributed by atoms with Gasteiger partial charge in [0.05, 0.1) is 6.54 Å². The van der Waals surface area contributed by atoms with E-state index in [1.54, 1.807) is 0 Å². The van der Waals surface area contributed by atoms with Crippen molar-refractivity contribution in [2.24, 2.45) is 0 Å². The second-order valence-electron chi connectivity index (χ2n) is 7.18. The standard InChI is InChI=1S/C21H27N3O2/c1-14-6-8-18(26-14)13-24(11-10-23(4)5)21(25)17-7-9-20-19(12-17)15(2)16(3)22-20/h6-9,12,22H,10-11,13H2,1-5H3. The average molecular weight is 353 g/mol.